The Morgan fingerprint density at radius 1 is 0.933 bits per heavy atom. The number of nitrogens with two attached hydrogens (primary N) is 1. The lowest BCUT2D eigenvalue weighted by Gasteiger charge is -2.17. The van der Waals surface area contributed by atoms with Gasteiger partial charge in [0.15, 0.2) is 0 Å². The van der Waals surface area contributed by atoms with E-state index >= 15 is 0 Å². The zero-order valence-electron chi connectivity index (χ0n) is 19.3. The lowest BCUT2D eigenvalue weighted by atomic mass is 10.1. The van der Waals surface area contributed by atoms with Gasteiger partial charge in [0.2, 0.25) is 0 Å². The molecule has 0 heterocycles. The first-order valence-electron chi connectivity index (χ1n) is 10.8. The van der Waals surface area contributed by atoms with Crippen molar-refractivity contribution in [3.05, 3.63) is 95.6 Å². The first kappa shape index (κ1) is 19.0. The molecule has 30 heavy (non-hydrogen) atoms. The lowest BCUT2D eigenvalue weighted by Crippen LogP contribution is -2.30. The maximum absolute atomic E-state index is 12.9. The Morgan fingerprint density at radius 2 is 1.57 bits per heavy atom. The molecule has 0 bridgehead atoms. The van der Waals surface area contributed by atoms with E-state index in [1.807, 2.05) is 60.7 Å². The first-order valence-corrected chi connectivity index (χ1v) is 9.27. The van der Waals surface area contributed by atoms with Crippen LogP contribution in [0, 0.1) is 0 Å². The second-order valence-electron chi connectivity index (χ2n) is 6.55. The fourth-order valence-electron chi connectivity index (χ4n) is 2.89. The van der Waals surface area contributed by atoms with Crippen LogP contribution in [0.15, 0.2) is 78.9 Å². The first-order chi connectivity index (χ1) is 15.3. The highest BCUT2D eigenvalue weighted by Gasteiger charge is 2.21. The summed E-state index contributed by atoms with van der Waals surface area (Å²) in [7, 11) is -2.74. The van der Waals surface area contributed by atoms with Gasteiger partial charge in [-0.2, -0.15) is 0 Å². The fraction of sp³-hybridized carbons (Fsp3) is 0.208. The van der Waals surface area contributed by atoms with Crippen LogP contribution in [0.1, 0.15) is 25.6 Å². The quantitative estimate of drug-likeness (QED) is 0.509. The molecule has 0 saturated heterocycles. The summed E-state index contributed by atoms with van der Waals surface area (Å²) in [4.78, 5) is 12.9. The normalized spacial score (nSPS) is 13.0. The van der Waals surface area contributed by atoms with Gasteiger partial charge in [0.25, 0.3) is 0 Å². The van der Waals surface area contributed by atoms with Crippen molar-refractivity contribution in [2.45, 2.75) is 19.1 Å². The van der Waals surface area contributed by atoms with Crippen LogP contribution < -0.4 is 15.2 Å². The van der Waals surface area contributed by atoms with Gasteiger partial charge in [-0.05, 0) is 29.7 Å². The summed E-state index contributed by atoms with van der Waals surface area (Å²) in [5.41, 5.74) is 7.96. The maximum Gasteiger partial charge on any atom is 0.346 e. The Labute approximate surface area is 187 Å². The number of methoxy groups -OCH3 is 1. The summed E-state index contributed by atoms with van der Waals surface area (Å²) in [5.74, 6) is -0.745. The molecule has 158 valence electrons. The second-order valence-corrected chi connectivity index (χ2v) is 6.55. The molecule has 1 atom stereocenters. The zero-order chi connectivity index (χ0) is 23.0. The molecule has 2 N–H and O–H groups in total. The number of benzene rings is 3. The number of esters is 1. The van der Waals surface area contributed by atoms with E-state index < -0.39 is 13.0 Å². The van der Waals surface area contributed by atoms with E-state index in [0.29, 0.717) is 6.42 Å². The molecule has 5 nitrogen and oxygen atoms in total. The summed E-state index contributed by atoms with van der Waals surface area (Å²) in [6, 6.07) is 23.0. The van der Waals surface area contributed by atoms with E-state index in [9.17, 15) is 4.79 Å². The topological polar surface area (TPSA) is 70.8 Å². The van der Waals surface area contributed by atoms with Gasteiger partial charge in [-0.15, -0.1) is 12.4 Å². The van der Waals surface area contributed by atoms with Gasteiger partial charge < -0.3 is 19.9 Å². The minimum atomic E-state index is -2.74. The van der Waals surface area contributed by atoms with Gasteiger partial charge in [0, 0.05) is 6.04 Å². The van der Waals surface area contributed by atoms with Crippen molar-refractivity contribution in [2.75, 3.05) is 13.6 Å². The molecule has 0 unspecified atom stereocenters. The lowest BCUT2D eigenvalue weighted by molar-refractivity contribution is 0.0463. The van der Waals surface area contributed by atoms with E-state index in [1.165, 1.54) is 6.07 Å². The van der Waals surface area contributed by atoms with Gasteiger partial charge in [-0.3, -0.25) is 0 Å². The third kappa shape index (κ3) is 6.51. The van der Waals surface area contributed by atoms with Crippen molar-refractivity contribution in [3.63, 3.8) is 0 Å². The van der Waals surface area contributed by atoms with Crippen molar-refractivity contribution in [1.29, 1.82) is 0 Å². The Kier molecular flexibility index (Phi) is 7.50. The largest absolute Gasteiger partial charge is 0.496 e. The van der Waals surface area contributed by atoms with E-state index in [2.05, 4.69) is 0 Å². The van der Waals surface area contributed by atoms with Crippen LogP contribution in [-0.4, -0.2) is 25.7 Å². The Hall–Kier alpha value is -3.02. The number of rotatable bonds is 9. The van der Waals surface area contributed by atoms with Gasteiger partial charge in [-0.1, -0.05) is 66.7 Å². The molecule has 0 radical (unpaired) electrons. The van der Waals surface area contributed by atoms with Crippen LogP contribution in [0.4, 0.5) is 0 Å². The van der Waals surface area contributed by atoms with Crippen LogP contribution in [-0.2, 0) is 17.8 Å². The van der Waals surface area contributed by atoms with Gasteiger partial charge >= 0.3 is 5.97 Å². The molecule has 0 aliphatic rings. The second kappa shape index (κ2) is 11.9. The molecule has 0 spiro atoms. The molecule has 0 saturated carbocycles. The van der Waals surface area contributed by atoms with E-state index in [1.54, 1.807) is 12.1 Å². The van der Waals surface area contributed by atoms with Crippen molar-refractivity contribution >= 4 is 18.4 Å². The summed E-state index contributed by atoms with van der Waals surface area (Å²) in [5, 5.41) is 0. The van der Waals surface area contributed by atoms with Gasteiger partial charge in [-0.25, -0.2) is 4.79 Å². The fourth-order valence-corrected chi connectivity index (χ4v) is 2.89. The highest BCUT2D eigenvalue weighted by Crippen LogP contribution is 2.29. The maximum atomic E-state index is 12.9. The number of carbonyl (C=O) groups is 1. The molecule has 3 aromatic carbocycles. The van der Waals surface area contributed by atoms with E-state index in [4.69, 9.17) is 24.1 Å². The highest BCUT2D eigenvalue weighted by atomic mass is 35.5. The highest BCUT2D eigenvalue weighted by molar-refractivity contribution is 5.95. The van der Waals surface area contributed by atoms with Crippen molar-refractivity contribution in [2.24, 2.45) is 5.73 Å². The van der Waals surface area contributed by atoms with Crippen molar-refractivity contribution in [3.8, 4) is 11.5 Å². The van der Waals surface area contributed by atoms with E-state index in [0.717, 1.165) is 11.1 Å². The number of ether oxygens (including phenoxy) is 3. The number of carbonyl (C=O) groups excluding carboxylic acids is 1. The molecule has 0 fully saturated rings. The molecular weight excluding hydrogens is 402 g/mol. The van der Waals surface area contributed by atoms with Crippen LogP contribution in [0.25, 0.3) is 0 Å². The number of halogens is 1. The number of hydrogen-bond donors (Lipinski definition) is 1. The van der Waals surface area contributed by atoms with Crippen LogP contribution in [0.2, 0.25) is 0 Å². The summed E-state index contributed by atoms with van der Waals surface area (Å²) < 4.78 is 38.5. The van der Waals surface area contributed by atoms with Gasteiger partial charge in [0.05, 0.1) is 11.2 Å². The van der Waals surface area contributed by atoms with Crippen molar-refractivity contribution < 1.29 is 23.1 Å². The monoisotopic (exact) mass is 430 g/mol. The Bertz CT molecular complexity index is 1020. The van der Waals surface area contributed by atoms with E-state index in [-0.39, 0.29) is 48.7 Å². The average Bonchev–Trinajstić information content (AvgIpc) is 2.76. The van der Waals surface area contributed by atoms with Crippen LogP contribution in [0.3, 0.4) is 0 Å². The summed E-state index contributed by atoms with van der Waals surface area (Å²) in [6.45, 7) is 0.139. The summed E-state index contributed by atoms with van der Waals surface area (Å²) in [6.07, 6.45) is 0.583. The number of hydrogen-bond acceptors (Lipinski definition) is 5. The molecule has 3 rings (SSSR count). The predicted octanol–water partition coefficient (Wildman–Crippen LogP) is 4.42. The third-order valence-electron chi connectivity index (χ3n) is 4.31. The third-order valence-corrected chi connectivity index (χ3v) is 4.31. The van der Waals surface area contributed by atoms with Gasteiger partial charge in [0.1, 0.15) is 30.3 Å². The minimum absolute atomic E-state index is 0. The Morgan fingerprint density at radius 3 is 2.23 bits per heavy atom. The van der Waals surface area contributed by atoms with Crippen LogP contribution >= 0.6 is 12.4 Å². The summed E-state index contributed by atoms with van der Waals surface area (Å²) >= 11 is 0. The molecule has 0 amide bonds. The van der Waals surface area contributed by atoms with Crippen LogP contribution in [0.5, 0.6) is 11.5 Å². The molecule has 0 aromatic heterocycles. The minimum Gasteiger partial charge on any atom is -0.496 e. The molecule has 6 heteroatoms. The zero-order valence-corrected chi connectivity index (χ0v) is 17.1. The smallest absolute Gasteiger partial charge is 0.346 e. The molecule has 0 aliphatic heterocycles. The predicted molar refractivity (Wildman–Crippen MR) is 119 cm³/mol. The Balaban J connectivity index is 0.00000385. The molecule has 0 aliphatic carbocycles. The standard InChI is InChI=1S/C24H25NO4.ClH/c1-27-21-13-8-14-22(28-17-20(25)15-18-9-4-2-5-10-18)23(21)24(26)29-16-19-11-6-3-7-12-19;/h2-14,20H,15-17,25H2,1H3;1H/t20-;/m1./s1/i1D3;. The molecular formula is C24H26ClNO4. The average molecular weight is 431 g/mol. The van der Waals surface area contributed by atoms with Crippen molar-refractivity contribution in [1.82, 2.24) is 0 Å². The molecule has 3 aromatic rings. The SMILES string of the molecule is Cl.[2H]C([2H])([2H])Oc1cccc(OC[C@H](N)Cc2ccccc2)c1C(=O)OCc1ccccc1.